The van der Waals surface area contributed by atoms with E-state index in [1.54, 1.807) is 12.3 Å². The molecule has 0 aromatic carbocycles. The highest BCUT2D eigenvalue weighted by Crippen LogP contribution is 2.15. The molecule has 0 atom stereocenters. The lowest BCUT2D eigenvalue weighted by Gasteiger charge is -2.25. The van der Waals surface area contributed by atoms with Gasteiger partial charge in [-0.25, -0.2) is 4.98 Å². The van der Waals surface area contributed by atoms with Crippen LogP contribution < -0.4 is 4.90 Å². The average Bonchev–Trinajstić information content (AvgIpc) is 2.34. The van der Waals surface area contributed by atoms with E-state index in [4.69, 9.17) is 10.5 Å². The molecule has 0 aliphatic carbocycles. The Morgan fingerprint density at radius 1 is 1.35 bits per heavy atom. The summed E-state index contributed by atoms with van der Waals surface area (Å²) in [6, 6.07) is 7.73. The van der Waals surface area contributed by atoms with Crippen LogP contribution >= 0.6 is 0 Å². The van der Waals surface area contributed by atoms with Crippen LogP contribution in [0.3, 0.4) is 0 Å². The number of rotatable bonds is 5. The number of hydrogen-bond acceptors (Lipinski definition) is 4. The van der Waals surface area contributed by atoms with Crippen molar-refractivity contribution >= 4 is 5.69 Å². The summed E-state index contributed by atoms with van der Waals surface area (Å²) in [4.78, 5) is 6.17. The lowest BCUT2D eigenvalue weighted by atomic mass is 10.2. The van der Waals surface area contributed by atoms with Gasteiger partial charge in [0.15, 0.2) is 0 Å². The molecule has 4 nitrogen and oxygen atoms in total. The van der Waals surface area contributed by atoms with E-state index in [0.29, 0.717) is 24.6 Å². The Labute approximate surface area is 102 Å². The molecule has 0 radical (unpaired) electrons. The summed E-state index contributed by atoms with van der Waals surface area (Å²) in [7, 11) is 0. The molecule has 0 aliphatic rings. The zero-order valence-corrected chi connectivity index (χ0v) is 10.2. The van der Waals surface area contributed by atoms with Crippen LogP contribution in [-0.4, -0.2) is 18.1 Å². The van der Waals surface area contributed by atoms with Crippen molar-refractivity contribution in [3.8, 4) is 12.1 Å². The fourth-order valence-electron chi connectivity index (χ4n) is 1.59. The van der Waals surface area contributed by atoms with Gasteiger partial charge in [-0.15, -0.1) is 0 Å². The van der Waals surface area contributed by atoms with Crippen molar-refractivity contribution in [2.75, 3.05) is 18.0 Å². The van der Waals surface area contributed by atoms with Crippen molar-refractivity contribution in [3.63, 3.8) is 0 Å². The molecule has 0 unspecified atom stereocenters. The van der Waals surface area contributed by atoms with E-state index in [9.17, 15) is 0 Å². The van der Waals surface area contributed by atoms with Crippen molar-refractivity contribution in [2.24, 2.45) is 5.92 Å². The standard InChI is InChI=1S/C13H16N4/c1-11(2)10-17(7-3-6-14)13-5-4-12(8-15)16-9-13/h4-5,9,11H,3,7,10H2,1-2H3. The predicted octanol–water partition coefficient (Wildman–Crippen LogP) is 2.33. The van der Waals surface area contributed by atoms with Gasteiger partial charge in [-0.1, -0.05) is 13.8 Å². The van der Waals surface area contributed by atoms with Crippen LogP contribution in [0, 0.1) is 28.6 Å². The van der Waals surface area contributed by atoms with E-state index in [2.05, 4.69) is 29.8 Å². The minimum atomic E-state index is 0.415. The third-order valence-corrected chi connectivity index (χ3v) is 2.31. The fraction of sp³-hybridized carbons (Fsp3) is 0.462. The number of pyridine rings is 1. The smallest absolute Gasteiger partial charge is 0.140 e. The van der Waals surface area contributed by atoms with Crippen LogP contribution in [0.5, 0.6) is 0 Å². The molecule has 0 saturated heterocycles. The molecule has 17 heavy (non-hydrogen) atoms. The Morgan fingerprint density at radius 2 is 2.12 bits per heavy atom. The largest absolute Gasteiger partial charge is 0.369 e. The summed E-state index contributed by atoms with van der Waals surface area (Å²) in [5, 5.41) is 17.3. The third-order valence-electron chi connectivity index (χ3n) is 2.31. The van der Waals surface area contributed by atoms with Crippen molar-refractivity contribution in [2.45, 2.75) is 20.3 Å². The Bertz CT molecular complexity index is 422. The van der Waals surface area contributed by atoms with Gasteiger partial charge in [-0.05, 0) is 18.1 Å². The molecule has 0 N–H and O–H groups in total. The molecule has 1 aromatic rings. The molecule has 0 amide bonds. The summed E-state index contributed by atoms with van der Waals surface area (Å²) in [6.45, 7) is 5.85. The van der Waals surface area contributed by atoms with Crippen LogP contribution in [0.2, 0.25) is 0 Å². The molecule has 88 valence electrons. The van der Waals surface area contributed by atoms with Gasteiger partial charge < -0.3 is 4.90 Å². The Hall–Kier alpha value is -2.07. The highest BCUT2D eigenvalue weighted by Gasteiger charge is 2.08. The highest BCUT2D eigenvalue weighted by atomic mass is 15.1. The van der Waals surface area contributed by atoms with Crippen LogP contribution in [0.15, 0.2) is 18.3 Å². The zero-order chi connectivity index (χ0) is 12.7. The van der Waals surface area contributed by atoms with Crippen LogP contribution in [-0.2, 0) is 0 Å². The molecule has 0 spiro atoms. The first-order chi connectivity index (χ1) is 8.17. The monoisotopic (exact) mass is 228 g/mol. The SMILES string of the molecule is CC(C)CN(CCC#N)c1ccc(C#N)nc1. The molecule has 4 heteroatoms. The van der Waals surface area contributed by atoms with Crippen LogP contribution in [0.1, 0.15) is 26.0 Å². The lowest BCUT2D eigenvalue weighted by Crippen LogP contribution is -2.28. The second-order valence-electron chi connectivity index (χ2n) is 4.26. The number of aromatic nitrogens is 1. The summed E-state index contributed by atoms with van der Waals surface area (Å²) in [5.41, 5.74) is 1.38. The number of nitrogens with zero attached hydrogens (tertiary/aromatic N) is 4. The zero-order valence-electron chi connectivity index (χ0n) is 10.2. The molecule has 1 aromatic heterocycles. The van der Waals surface area contributed by atoms with E-state index in [1.165, 1.54) is 0 Å². The molecular formula is C13H16N4. The van der Waals surface area contributed by atoms with Crippen molar-refractivity contribution in [1.82, 2.24) is 4.98 Å². The van der Waals surface area contributed by atoms with Gasteiger partial charge in [0, 0.05) is 13.1 Å². The highest BCUT2D eigenvalue weighted by molar-refractivity contribution is 5.46. The minimum Gasteiger partial charge on any atom is -0.369 e. The first kappa shape index (κ1) is 13.0. The van der Waals surface area contributed by atoms with E-state index in [0.717, 1.165) is 12.2 Å². The Morgan fingerprint density at radius 3 is 2.59 bits per heavy atom. The van der Waals surface area contributed by atoms with Gasteiger partial charge in [0.2, 0.25) is 0 Å². The topological polar surface area (TPSA) is 63.7 Å². The van der Waals surface area contributed by atoms with Gasteiger partial charge in [0.05, 0.1) is 24.4 Å². The minimum absolute atomic E-state index is 0.415. The summed E-state index contributed by atoms with van der Waals surface area (Å²) in [6.07, 6.45) is 2.19. The second kappa shape index (κ2) is 6.50. The molecular weight excluding hydrogens is 212 g/mol. The predicted molar refractivity (Wildman–Crippen MR) is 66.2 cm³/mol. The number of nitriles is 2. The van der Waals surface area contributed by atoms with Gasteiger partial charge in [-0.3, -0.25) is 0 Å². The Kier molecular flexibility index (Phi) is 4.97. The van der Waals surface area contributed by atoms with E-state index >= 15 is 0 Å². The number of hydrogen-bond donors (Lipinski definition) is 0. The van der Waals surface area contributed by atoms with Crippen molar-refractivity contribution in [1.29, 1.82) is 10.5 Å². The molecule has 0 bridgehead atoms. The van der Waals surface area contributed by atoms with E-state index in [1.807, 2.05) is 12.1 Å². The second-order valence-corrected chi connectivity index (χ2v) is 4.26. The first-order valence-electron chi connectivity index (χ1n) is 5.65. The van der Waals surface area contributed by atoms with Crippen LogP contribution in [0.4, 0.5) is 5.69 Å². The molecule has 0 fully saturated rings. The summed E-state index contributed by atoms with van der Waals surface area (Å²) >= 11 is 0. The Balaban J connectivity index is 2.81. The number of anilines is 1. The van der Waals surface area contributed by atoms with Gasteiger partial charge in [-0.2, -0.15) is 10.5 Å². The van der Waals surface area contributed by atoms with Crippen LogP contribution in [0.25, 0.3) is 0 Å². The molecule has 0 saturated carbocycles. The van der Waals surface area contributed by atoms with Gasteiger partial charge in [0.1, 0.15) is 11.8 Å². The molecule has 1 rings (SSSR count). The van der Waals surface area contributed by atoms with Crippen molar-refractivity contribution < 1.29 is 0 Å². The van der Waals surface area contributed by atoms with E-state index < -0.39 is 0 Å². The lowest BCUT2D eigenvalue weighted by molar-refractivity contribution is 0.611. The van der Waals surface area contributed by atoms with E-state index in [-0.39, 0.29) is 0 Å². The maximum absolute atomic E-state index is 8.68. The average molecular weight is 228 g/mol. The van der Waals surface area contributed by atoms with Gasteiger partial charge in [0.25, 0.3) is 0 Å². The van der Waals surface area contributed by atoms with Crippen molar-refractivity contribution in [3.05, 3.63) is 24.0 Å². The normalized spacial score (nSPS) is 9.71. The third kappa shape index (κ3) is 4.12. The first-order valence-corrected chi connectivity index (χ1v) is 5.65. The maximum Gasteiger partial charge on any atom is 0.140 e. The molecule has 1 heterocycles. The summed E-state index contributed by atoms with van der Waals surface area (Å²) < 4.78 is 0. The quantitative estimate of drug-likeness (QED) is 0.775. The maximum atomic E-state index is 8.68. The summed E-state index contributed by atoms with van der Waals surface area (Å²) in [5.74, 6) is 0.518. The molecule has 0 aliphatic heterocycles. The van der Waals surface area contributed by atoms with Gasteiger partial charge >= 0.3 is 0 Å². The fourth-order valence-corrected chi connectivity index (χ4v) is 1.59.